The van der Waals surface area contributed by atoms with Gasteiger partial charge in [-0.05, 0) is 55.7 Å². The van der Waals surface area contributed by atoms with Gasteiger partial charge in [-0.3, -0.25) is 9.10 Å². The number of hydrogen-bond donors (Lipinski definition) is 1. The molecule has 0 aliphatic carbocycles. The van der Waals surface area contributed by atoms with Crippen molar-refractivity contribution in [2.45, 2.75) is 24.7 Å². The Balaban J connectivity index is 1.38. The molecule has 4 aromatic rings. The molecule has 0 fully saturated rings. The van der Waals surface area contributed by atoms with Crippen LogP contribution in [0.25, 0.3) is 11.3 Å². The Bertz CT molecular complexity index is 1450. The number of fused-ring (bicyclic) bond motifs is 1. The summed E-state index contributed by atoms with van der Waals surface area (Å²) in [5.41, 5.74) is 3.80. The van der Waals surface area contributed by atoms with Gasteiger partial charge >= 0.3 is 0 Å². The van der Waals surface area contributed by atoms with Crippen LogP contribution in [0.1, 0.15) is 28.1 Å². The van der Waals surface area contributed by atoms with Crippen LogP contribution in [-0.2, 0) is 16.4 Å². The lowest BCUT2D eigenvalue weighted by Crippen LogP contribution is -2.35. The van der Waals surface area contributed by atoms with Gasteiger partial charge < -0.3 is 9.84 Å². The van der Waals surface area contributed by atoms with E-state index in [4.69, 9.17) is 4.52 Å². The number of carbonyl (C=O) groups excluding carboxylic acids is 1. The van der Waals surface area contributed by atoms with Crippen molar-refractivity contribution in [3.8, 4) is 11.3 Å². The Hall–Kier alpha value is -3.91. The molecular weight excluding hydrogens is 450 g/mol. The molecule has 1 amide bonds. The van der Waals surface area contributed by atoms with E-state index in [0.29, 0.717) is 29.2 Å². The summed E-state index contributed by atoms with van der Waals surface area (Å²) in [5, 5.41) is 6.87. The van der Waals surface area contributed by atoms with Gasteiger partial charge in [-0.2, -0.15) is 0 Å². The fourth-order valence-electron chi connectivity index (χ4n) is 4.21. The number of aromatic nitrogens is 1. The van der Waals surface area contributed by atoms with Gasteiger partial charge in [0.1, 0.15) is 17.0 Å². The van der Waals surface area contributed by atoms with Crippen LogP contribution >= 0.6 is 0 Å². The monoisotopic (exact) mass is 473 g/mol. The van der Waals surface area contributed by atoms with Crippen molar-refractivity contribution in [2.75, 3.05) is 16.2 Å². The Morgan fingerprint density at radius 3 is 2.44 bits per heavy atom. The molecule has 1 aromatic heterocycles. The van der Waals surface area contributed by atoms with E-state index in [0.717, 1.165) is 29.7 Å². The summed E-state index contributed by atoms with van der Waals surface area (Å²) in [6.07, 6.45) is 1.63. The lowest BCUT2D eigenvalue weighted by atomic mass is 10.0. The first-order chi connectivity index (χ1) is 16.4. The number of para-hydroxylation sites is 1. The summed E-state index contributed by atoms with van der Waals surface area (Å²) >= 11 is 0. The fraction of sp³-hybridized carbons (Fsp3) is 0.154. The van der Waals surface area contributed by atoms with Crippen LogP contribution in [-0.4, -0.2) is 26.0 Å². The molecular formula is C26H23N3O4S. The van der Waals surface area contributed by atoms with E-state index in [-0.39, 0.29) is 10.8 Å². The van der Waals surface area contributed by atoms with Crippen molar-refractivity contribution in [1.82, 2.24) is 5.16 Å². The van der Waals surface area contributed by atoms with Gasteiger partial charge in [0.15, 0.2) is 0 Å². The minimum Gasteiger partial charge on any atom is -0.360 e. The van der Waals surface area contributed by atoms with Crippen molar-refractivity contribution >= 4 is 27.3 Å². The number of benzene rings is 3. The van der Waals surface area contributed by atoms with Gasteiger partial charge in [0.2, 0.25) is 0 Å². The van der Waals surface area contributed by atoms with E-state index in [9.17, 15) is 13.2 Å². The van der Waals surface area contributed by atoms with Crippen LogP contribution in [0.5, 0.6) is 0 Å². The molecule has 1 aliphatic heterocycles. The summed E-state index contributed by atoms with van der Waals surface area (Å²) in [6, 6.07) is 23.1. The van der Waals surface area contributed by atoms with Crippen LogP contribution in [0.2, 0.25) is 0 Å². The number of sulfonamides is 1. The van der Waals surface area contributed by atoms with Crippen LogP contribution < -0.4 is 9.62 Å². The van der Waals surface area contributed by atoms with Crippen molar-refractivity contribution in [3.63, 3.8) is 0 Å². The predicted octanol–water partition coefficient (Wildman–Crippen LogP) is 5.04. The first kappa shape index (κ1) is 21.9. The smallest absolute Gasteiger partial charge is 0.264 e. The number of nitrogens with zero attached hydrogens (tertiary/aromatic N) is 2. The van der Waals surface area contributed by atoms with E-state index >= 15 is 0 Å². The third-order valence-corrected chi connectivity index (χ3v) is 7.73. The number of anilines is 2. The summed E-state index contributed by atoms with van der Waals surface area (Å²) in [7, 11) is -3.72. The third-order valence-electron chi connectivity index (χ3n) is 5.90. The highest BCUT2D eigenvalue weighted by Crippen LogP contribution is 2.32. The minimum atomic E-state index is -3.72. The second kappa shape index (κ2) is 8.79. The minimum absolute atomic E-state index is 0.174. The van der Waals surface area contributed by atoms with Crippen molar-refractivity contribution in [2.24, 2.45) is 0 Å². The molecule has 2 heterocycles. The average Bonchev–Trinajstić information content (AvgIpc) is 3.26. The van der Waals surface area contributed by atoms with E-state index < -0.39 is 10.0 Å². The number of carbonyl (C=O) groups is 1. The topological polar surface area (TPSA) is 92.5 Å². The molecule has 172 valence electrons. The van der Waals surface area contributed by atoms with Crippen LogP contribution in [0.3, 0.4) is 0 Å². The first-order valence-electron chi connectivity index (χ1n) is 11.0. The molecule has 34 heavy (non-hydrogen) atoms. The quantitative estimate of drug-likeness (QED) is 0.438. The Kier molecular flexibility index (Phi) is 5.67. The van der Waals surface area contributed by atoms with E-state index in [2.05, 4.69) is 10.5 Å². The summed E-state index contributed by atoms with van der Waals surface area (Å²) in [4.78, 5) is 13.2. The van der Waals surface area contributed by atoms with Gasteiger partial charge in [0.05, 0.1) is 10.6 Å². The molecule has 7 nitrogen and oxygen atoms in total. The fourth-order valence-corrected chi connectivity index (χ4v) is 5.75. The van der Waals surface area contributed by atoms with Crippen LogP contribution in [0.15, 0.2) is 88.3 Å². The normalized spacial score (nSPS) is 13.4. The number of hydrogen-bond acceptors (Lipinski definition) is 5. The molecule has 5 rings (SSSR count). The zero-order valence-electron chi connectivity index (χ0n) is 18.6. The number of amides is 1. The molecule has 0 bridgehead atoms. The van der Waals surface area contributed by atoms with Gasteiger partial charge in [-0.1, -0.05) is 53.7 Å². The molecule has 0 unspecified atom stereocenters. The van der Waals surface area contributed by atoms with Gasteiger partial charge in [-0.15, -0.1) is 0 Å². The van der Waals surface area contributed by atoms with Crippen molar-refractivity contribution in [1.29, 1.82) is 0 Å². The number of aryl methyl sites for hydroxylation is 2. The van der Waals surface area contributed by atoms with Crippen LogP contribution in [0.4, 0.5) is 11.4 Å². The van der Waals surface area contributed by atoms with Gasteiger partial charge in [0.25, 0.3) is 15.9 Å². The van der Waals surface area contributed by atoms with Crippen molar-refractivity contribution < 1.29 is 17.7 Å². The first-order valence-corrected chi connectivity index (χ1v) is 12.4. The average molecular weight is 474 g/mol. The van der Waals surface area contributed by atoms with Crippen LogP contribution in [0, 0.1) is 6.92 Å². The second-order valence-electron chi connectivity index (χ2n) is 8.12. The molecule has 1 N–H and O–H groups in total. The summed E-state index contributed by atoms with van der Waals surface area (Å²) < 4.78 is 33.4. The highest BCUT2D eigenvalue weighted by atomic mass is 32.2. The zero-order chi connectivity index (χ0) is 23.7. The maximum Gasteiger partial charge on any atom is 0.264 e. The highest BCUT2D eigenvalue weighted by Gasteiger charge is 2.29. The number of rotatable bonds is 5. The number of nitrogens with one attached hydrogen (secondary N) is 1. The summed E-state index contributed by atoms with van der Waals surface area (Å²) in [5.74, 6) is 0.0254. The lowest BCUT2D eigenvalue weighted by Gasteiger charge is -2.30. The van der Waals surface area contributed by atoms with E-state index in [1.807, 2.05) is 54.6 Å². The predicted molar refractivity (Wildman–Crippen MR) is 130 cm³/mol. The maximum atomic E-state index is 13.3. The van der Waals surface area contributed by atoms with Gasteiger partial charge in [-0.25, -0.2) is 8.42 Å². The molecule has 0 spiro atoms. The second-order valence-corrected chi connectivity index (χ2v) is 9.98. The Morgan fingerprint density at radius 1 is 0.971 bits per heavy atom. The van der Waals surface area contributed by atoms with E-state index in [1.54, 1.807) is 19.1 Å². The Morgan fingerprint density at radius 2 is 1.68 bits per heavy atom. The zero-order valence-corrected chi connectivity index (χ0v) is 19.4. The molecule has 1 aliphatic rings. The van der Waals surface area contributed by atoms with Crippen molar-refractivity contribution in [3.05, 3.63) is 95.7 Å². The third kappa shape index (κ3) is 3.97. The SMILES string of the molecule is Cc1onc(-c2ccccc2)c1C(=O)Nc1ccc(S(=O)(=O)N2CCCc3ccccc32)cc1. The molecule has 0 atom stereocenters. The lowest BCUT2D eigenvalue weighted by molar-refractivity contribution is 0.102. The Labute approximate surface area is 198 Å². The van der Waals surface area contributed by atoms with E-state index in [1.165, 1.54) is 16.4 Å². The molecule has 8 heteroatoms. The maximum absolute atomic E-state index is 13.3. The molecule has 0 saturated heterocycles. The largest absolute Gasteiger partial charge is 0.360 e. The standard InChI is InChI=1S/C26H23N3O4S/c1-18-24(25(28-33-18)20-9-3-2-4-10-20)26(30)27-21-13-15-22(16-14-21)34(31,32)29-17-7-11-19-8-5-6-12-23(19)29/h2-6,8-10,12-16H,7,11,17H2,1H3,(H,27,30). The molecule has 3 aromatic carbocycles. The summed E-state index contributed by atoms with van der Waals surface area (Å²) in [6.45, 7) is 2.12. The highest BCUT2D eigenvalue weighted by molar-refractivity contribution is 7.92. The molecule has 0 radical (unpaired) electrons. The van der Waals surface area contributed by atoms with Gasteiger partial charge in [0, 0.05) is 17.8 Å². The molecule has 0 saturated carbocycles.